The molecule has 2 aromatic heterocycles. The Morgan fingerprint density at radius 3 is 2.93 bits per heavy atom. The van der Waals surface area contributed by atoms with Gasteiger partial charge < -0.3 is 0 Å². The average molecular weight is 221 g/mol. The van der Waals surface area contributed by atoms with E-state index in [0.717, 1.165) is 10.4 Å². The van der Waals surface area contributed by atoms with E-state index in [1.165, 1.54) is 6.33 Å². The van der Waals surface area contributed by atoms with Crippen molar-refractivity contribution in [3.63, 3.8) is 0 Å². The second-order valence-electron chi connectivity index (χ2n) is 3.35. The van der Waals surface area contributed by atoms with Crippen LogP contribution in [-0.2, 0) is 13.5 Å². The molecule has 0 spiro atoms. The fourth-order valence-electron chi connectivity index (χ4n) is 1.32. The summed E-state index contributed by atoms with van der Waals surface area (Å²) in [7, 11) is 1.79. The molecular weight excluding hydrogens is 210 g/mol. The van der Waals surface area contributed by atoms with Crippen LogP contribution in [0.3, 0.4) is 0 Å². The molecule has 4 nitrogen and oxygen atoms in total. The van der Waals surface area contributed by atoms with Crippen molar-refractivity contribution in [1.29, 1.82) is 0 Å². The van der Waals surface area contributed by atoms with Crippen LogP contribution >= 0.6 is 11.3 Å². The van der Waals surface area contributed by atoms with E-state index in [-0.39, 0.29) is 5.78 Å². The summed E-state index contributed by atoms with van der Waals surface area (Å²) in [4.78, 5) is 17.0. The highest BCUT2D eigenvalue weighted by Gasteiger charge is 2.11. The van der Waals surface area contributed by atoms with Gasteiger partial charge in [0.2, 0.25) is 0 Å². The molecule has 0 saturated carbocycles. The number of carbonyl (C=O) groups excluding carboxylic acids is 1. The highest BCUT2D eigenvalue weighted by atomic mass is 32.1. The number of nitrogens with zero attached hydrogens (tertiary/aromatic N) is 3. The van der Waals surface area contributed by atoms with Gasteiger partial charge in [-0.15, -0.1) is 11.3 Å². The Labute approximate surface area is 91.6 Å². The molecule has 0 N–H and O–H groups in total. The molecule has 0 atom stereocenters. The smallest absolute Gasteiger partial charge is 0.171 e. The number of ketones is 1. The van der Waals surface area contributed by atoms with Gasteiger partial charge in [-0.25, -0.2) is 4.98 Å². The first-order valence-electron chi connectivity index (χ1n) is 4.58. The van der Waals surface area contributed by atoms with Crippen molar-refractivity contribution in [3.8, 4) is 0 Å². The zero-order valence-corrected chi connectivity index (χ0v) is 9.41. The fourth-order valence-corrected chi connectivity index (χ4v) is 2.02. The van der Waals surface area contributed by atoms with Crippen molar-refractivity contribution < 1.29 is 4.79 Å². The highest BCUT2D eigenvalue weighted by Crippen LogP contribution is 2.14. The summed E-state index contributed by atoms with van der Waals surface area (Å²) in [5.74, 6) is 0.791. The standard InChI is InChI=1S/C10H11N3OS/c1-7-3-8(5-15-7)9(14)4-10-11-6-12-13(10)2/h3,5-6H,4H2,1-2H3. The summed E-state index contributed by atoms with van der Waals surface area (Å²) < 4.78 is 1.62. The van der Waals surface area contributed by atoms with Gasteiger partial charge in [-0.1, -0.05) is 0 Å². The molecular formula is C10H11N3OS. The lowest BCUT2D eigenvalue weighted by molar-refractivity contribution is 0.0990. The minimum atomic E-state index is 0.0930. The van der Waals surface area contributed by atoms with Crippen molar-refractivity contribution in [2.75, 3.05) is 0 Å². The second kappa shape index (κ2) is 3.94. The third-order valence-corrected chi connectivity index (χ3v) is 3.04. The number of hydrogen-bond acceptors (Lipinski definition) is 4. The molecule has 0 aromatic carbocycles. The quantitative estimate of drug-likeness (QED) is 0.740. The molecule has 0 amide bonds. The zero-order valence-electron chi connectivity index (χ0n) is 8.60. The van der Waals surface area contributed by atoms with Crippen LogP contribution in [0.25, 0.3) is 0 Å². The molecule has 0 unspecified atom stereocenters. The van der Waals surface area contributed by atoms with Crippen LogP contribution in [0, 0.1) is 6.92 Å². The molecule has 78 valence electrons. The molecule has 0 aliphatic heterocycles. The third-order valence-electron chi connectivity index (χ3n) is 2.18. The maximum Gasteiger partial charge on any atom is 0.171 e. The predicted octanol–water partition coefficient (Wildman–Crippen LogP) is 1.61. The molecule has 2 heterocycles. The van der Waals surface area contributed by atoms with E-state index in [4.69, 9.17) is 0 Å². The summed E-state index contributed by atoms with van der Waals surface area (Å²) in [6.45, 7) is 1.99. The molecule has 2 rings (SSSR count). The van der Waals surface area contributed by atoms with Crippen molar-refractivity contribution in [1.82, 2.24) is 14.8 Å². The maximum absolute atomic E-state index is 11.8. The van der Waals surface area contributed by atoms with Crippen molar-refractivity contribution in [3.05, 3.63) is 34.0 Å². The predicted molar refractivity (Wildman–Crippen MR) is 58.1 cm³/mol. The van der Waals surface area contributed by atoms with Crippen LogP contribution in [-0.4, -0.2) is 20.5 Å². The van der Waals surface area contributed by atoms with Gasteiger partial charge in [-0.05, 0) is 13.0 Å². The van der Waals surface area contributed by atoms with E-state index in [1.807, 2.05) is 18.4 Å². The third kappa shape index (κ3) is 2.12. The van der Waals surface area contributed by atoms with E-state index in [1.54, 1.807) is 23.1 Å². The van der Waals surface area contributed by atoms with Gasteiger partial charge in [0.15, 0.2) is 5.78 Å². The lowest BCUT2D eigenvalue weighted by Gasteiger charge is -1.97. The first kappa shape index (κ1) is 10.0. The zero-order chi connectivity index (χ0) is 10.8. The first-order valence-corrected chi connectivity index (χ1v) is 5.46. The molecule has 0 aliphatic rings. The Balaban J connectivity index is 2.14. The van der Waals surface area contributed by atoms with E-state index in [0.29, 0.717) is 12.2 Å². The summed E-state index contributed by atoms with van der Waals surface area (Å²) in [5, 5.41) is 5.81. The number of aryl methyl sites for hydroxylation is 2. The molecule has 15 heavy (non-hydrogen) atoms. The van der Waals surface area contributed by atoms with Crippen molar-refractivity contribution >= 4 is 17.1 Å². The van der Waals surface area contributed by atoms with Crippen molar-refractivity contribution in [2.24, 2.45) is 7.05 Å². The normalized spacial score (nSPS) is 10.5. The molecule has 0 bridgehead atoms. The monoisotopic (exact) mass is 221 g/mol. The average Bonchev–Trinajstić information content (AvgIpc) is 2.77. The lowest BCUT2D eigenvalue weighted by Crippen LogP contribution is -2.08. The molecule has 0 aliphatic carbocycles. The van der Waals surface area contributed by atoms with Gasteiger partial charge in [-0.2, -0.15) is 5.10 Å². The number of Topliss-reactive ketones (excluding diaryl/α,β-unsaturated/α-hetero) is 1. The molecule has 0 saturated heterocycles. The van der Waals surface area contributed by atoms with Crippen molar-refractivity contribution in [2.45, 2.75) is 13.3 Å². The highest BCUT2D eigenvalue weighted by molar-refractivity contribution is 7.10. The van der Waals surface area contributed by atoms with Crippen LogP contribution in [0.4, 0.5) is 0 Å². The van der Waals surface area contributed by atoms with E-state index in [2.05, 4.69) is 10.1 Å². The van der Waals surface area contributed by atoms with E-state index < -0.39 is 0 Å². The van der Waals surface area contributed by atoms with Gasteiger partial charge >= 0.3 is 0 Å². The van der Waals surface area contributed by atoms with Crippen LogP contribution in [0.2, 0.25) is 0 Å². The molecule has 0 radical (unpaired) electrons. The lowest BCUT2D eigenvalue weighted by atomic mass is 10.1. The Kier molecular flexibility index (Phi) is 2.64. The number of rotatable bonds is 3. The molecule has 2 aromatic rings. The Morgan fingerprint density at radius 2 is 2.40 bits per heavy atom. The fraction of sp³-hybridized carbons (Fsp3) is 0.300. The van der Waals surface area contributed by atoms with Gasteiger partial charge in [0.05, 0.1) is 6.42 Å². The Bertz CT molecular complexity index is 486. The number of carbonyl (C=O) groups is 1. The summed E-state index contributed by atoms with van der Waals surface area (Å²) in [5.41, 5.74) is 0.764. The van der Waals surface area contributed by atoms with Gasteiger partial charge in [0.1, 0.15) is 12.2 Å². The van der Waals surface area contributed by atoms with Crippen LogP contribution in [0.5, 0.6) is 0 Å². The van der Waals surface area contributed by atoms with Gasteiger partial charge in [0, 0.05) is 22.9 Å². The molecule has 0 fully saturated rings. The largest absolute Gasteiger partial charge is 0.294 e. The van der Waals surface area contributed by atoms with Crippen LogP contribution < -0.4 is 0 Å². The first-order chi connectivity index (χ1) is 7.16. The van der Waals surface area contributed by atoms with Gasteiger partial charge in [-0.3, -0.25) is 9.48 Å². The number of aromatic nitrogens is 3. The molecule has 5 heteroatoms. The number of thiophene rings is 1. The topological polar surface area (TPSA) is 47.8 Å². The SMILES string of the molecule is Cc1cc(C(=O)Cc2ncnn2C)cs1. The van der Waals surface area contributed by atoms with E-state index in [9.17, 15) is 4.79 Å². The maximum atomic E-state index is 11.8. The summed E-state index contributed by atoms with van der Waals surface area (Å²) in [6.07, 6.45) is 1.77. The summed E-state index contributed by atoms with van der Waals surface area (Å²) >= 11 is 1.59. The Hall–Kier alpha value is -1.49. The van der Waals surface area contributed by atoms with Gasteiger partial charge in [0.25, 0.3) is 0 Å². The number of hydrogen-bond donors (Lipinski definition) is 0. The van der Waals surface area contributed by atoms with Crippen LogP contribution in [0.15, 0.2) is 17.8 Å². The van der Waals surface area contributed by atoms with Crippen LogP contribution in [0.1, 0.15) is 21.1 Å². The minimum Gasteiger partial charge on any atom is -0.294 e. The minimum absolute atomic E-state index is 0.0930. The van der Waals surface area contributed by atoms with E-state index >= 15 is 0 Å². The Morgan fingerprint density at radius 1 is 1.60 bits per heavy atom. The summed E-state index contributed by atoms with van der Waals surface area (Å²) in [6, 6.07) is 1.91. The second-order valence-corrected chi connectivity index (χ2v) is 4.46.